The molecule has 2 rings (SSSR count). The zero-order chi connectivity index (χ0) is 12.5. The largest absolute Gasteiger partial charge is 0.393 e. The van der Waals surface area contributed by atoms with Crippen LogP contribution in [0.15, 0.2) is 18.2 Å². The summed E-state index contributed by atoms with van der Waals surface area (Å²) in [5, 5.41) is 22.8. The van der Waals surface area contributed by atoms with Crippen molar-refractivity contribution in [2.24, 2.45) is 0 Å². The van der Waals surface area contributed by atoms with Crippen LogP contribution in [0.2, 0.25) is 5.02 Å². The Balaban J connectivity index is 2.03. The fourth-order valence-electron chi connectivity index (χ4n) is 2.20. The molecular formula is C13H18ClNO2. The molecule has 0 spiro atoms. The van der Waals surface area contributed by atoms with Crippen LogP contribution in [0.3, 0.4) is 0 Å². The van der Waals surface area contributed by atoms with Crippen LogP contribution in [0.5, 0.6) is 0 Å². The summed E-state index contributed by atoms with van der Waals surface area (Å²) in [5.41, 5.74) is 1.47. The minimum absolute atomic E-state index is 0.236. The molecule has 3 N–H and O–H groups in total. The van der Waals surface area contributed by atoms with Gasteiger partial charge in [0.1, 0.15) is 0 Å². The molecule has 0 heterocycles. The molecule has 94 valence electrons. The molecule has 0 saturated heterocycles. The second-order valence-corrected chi connectivity index (χ2v) is 5.41. The first kappa shape index (κ1) is 12.8. The number of hydrogen-bond acceptors (Lipinski definition) is 3. The fraction of sp³-hybridized carbons (Fsp3) is 0.538. The van der Waals surface area contributed by atoms with Crippen LogP contribution in [0.4, 0.5) is 0 Å². The Kier molecular flexibility index (Phi) is 3.73. The molecule has 0 fully saturated rings. The van der Waals surface area contributed by atoms with Gasteiger partial charge in [-0.1, -0.05) is 17.7 Å². The van der Waals surface area contributed by atoms with Crippen LogP contribution in [0.1, 0.15) is 30.5 Å². The molecule has 4 heteroatoms. The molecule has 0 saturated carbocycles. The van der Waals surface area contributed by atoms with Gasteiger partial charge in [0.15, 0.2) is 0 Å². The molecule has 1 aliphatic rings. The Morgan fingerprint density at radius 3 is 3.00 bits per heavy atom. The highest BCUT2D eigenvalue weighted by Crippen LogP contribution is 2.32. The molecule has 17 heavy (non-hydrogen) atoms. The number of nitrogens with one attached hydrogen (secondary N) is 1. The maximum absolute atomic E-state index is 9.74. The van der Waals surface area contributed by atoms with Crippen LogP contribution < -0.4 is 5.32 Å². The van der Waals surface area contributed by atoms with E-state index in [1.807, 2.05) is 18.2 Å². The third-order valence-corrected chi connectivity index (χ3v) is 3.49. The second-order valence-electron chi connectivity index (χ2n) is 4.97. The lowest BCUT2D eigenvalue weighted by Gasteiger charge is -2.24. The lowest BCUT2D eigenvalue weighted by molar-refractivity contribution is 0.000716. The monoisotopic (exact) mass is 255 g/mol. The van der Waals surface area contributed by atoms with Gasteiger partial charge in [-0.25, -0.2) is 0 Å². The van der Waals surface area contributed by atoms with Crippen LogP contribution in [0, 0.1) is 0 Å². The summed E-state index contributed by atoms with van der Waals surface area (Å²) in [4.78, 5) is 0. The van der Waals surface area contributed by atoms with Crippen LogP contribution in [-0.2, 0) is 6.42 Å². The topological polar surface area (TPSA) is 52.5 Å². The van der Waals surface area contributed by atoms with Crippen LogP contribution >= 0.6 is 11.6 Å². The van der Waals surface area contributed by atoms with Crippen molar-refractivity contribution in [3.05, 3.63) is 34.3 Å². The van der Waals surface area contributed by atoms with E-state index in [1.54, 1.807) is 6.92 Å². The quantitative estimate of drug-likeness (QED) is 0.767. The van der Waals surface area contributed by atoms with Crippen molar-refractivity contribution in [2.75, 3.05) is 13.2 Å². The average Bonchev–Trinajstić information content (AvgIpc) is 2.69. The predicted octanol–water partition coefficient (Wildman–Crippen LogP) is 1.66. The smallest absolute Gasteiger partial charge is 0.0973 e. The van der Waals surface area contributed by atoms with Crippen molar-refractivity contribution >= 4 is 11.6 Å². The molecule has 1 aliphatic carbocycles. The van der Waals surface area contributed by atoms with Gasteiger partial charge < -0.3 is 15.5 Å². The first-order valence-electron chi connectivity index (χ1n) is 5.87. The lowest BCUT2D eigenvalue weighted by atomic mass is 10.1. The molecule has 2 atom stereocenters. The van der Waals surface area contributed by atoms with Gasteiger partial charge in [0, 0.05) is 17.6 Å². The number of hydrogen-bond donors (Lipinski definition) is 3. The normalized spacial score (nSPS) is 22.2. The summed E-state index contributed by atoms with van der Waals surface area (Å²) in [5.74, 6) is 0. The summed E-state index contributed by atoms with van der Waals surface area (Å²) in [6, 6.07) is 6.18. The van der Waals surface area contributed by atoms with E-state index in [-0.39, 0.29) is 12.6 Å². The number of benzene rings is 1. The van der Waals surface area contributed by atoms with E-state index >= 15 is 0 Å². The molecule has 0 aromatic heterocycles. The van der Waals surface area contributed by atoms with Gasteiger partial charge >= 0.3 is 0 Å². The SMILES string of the molecule is CC(O)(CO)CNC1CCc2cc(Cl)ccc21. The average molecular weight is 256 g/mol. The van der Waals surface area contributed by atoms with E-state index in [0.29, 0.717) is 6.54 Å². The highest BCUT2D eigenvalue weighted by Gasteiger charge is 2.25. The van der Waals surface area contributed by atoms with Gasteiger partial charge in [0.05, 0.1) is 12.2 Å². The standard InChI is InChI=1S/C13H18ClNO2/c1-13(17,8-16)7-15-12-5-2-9-6-10(14)3-4-11(9)12/h3-4,6,12,15-17H,2,5,7-8H2,1H3. The number of aliphatic hydroxyl groups is 2. The molecule has 0 amide bonds. The Hall–Kier alpha value is -0.610. The number of fused-ring (bicyclic) bond motifs is 1. The van der Waals surface area contributed by atoms with E-state index in [1.165, 1.54) is 11.1 Å². The molecule has 2 unspecified atom stereocenters. The maximum Gasteiger partial charge on any atom is 0.0973 e. The molecule has 1 aromatic rings. The van der Waals surface area contributed by atoms with Crippen molar-refractivity contribution in [1.82, 2.24) is 5.32 Å². The van der Waals surface area contributed by atoms with Gasteiger partial charge in [0.2, 0.25) is 0 Å². The second kappa shape index (κ2) is 4.94. The number of aryl methyl sites for hydroxylation is 1. The summed E-state index contributed by atoms with van der Waals surface area (Å²) >= 11 is 5.95. The number of aliphatic hydroxyl groups excluding tert-OH is 1. The third kappa shape index (κ3) is 2.99. The van der Waals surface area contributed by atoms with Crippen molar-refractivity contribution in [1.29, 1.82) is 0 Å². The van der Waals surface area contributed by atoms with Crippen molar-refractivity contribution in [2.45, 2.75) is 31.4 Å². The summed E-state index contributed by atoms with van der Waals surface area (Å²) in [6.07, 6.45) is 2.02. The van der Waals surface area contributed by atoms with Crippen molar-refractivity contribution in [3.63, 3.8) is 0 Å². The number of rotatable bonds is 4. The highest BCUT2D eigenvalue weighted by molar-refractivity contribution is 6.30. The Morgan fingerprint density at radius 1 is 1.53 bits per heavy atom. The van der Waals surface area contributed by atoms with E-state index in [4.69, 9.17) is 16.7 Å². The van der Waals surface area contributed by atoms with Crippen molar-refractivity contribution < 1.29 is 10.2 Å². The van der Waals surface area contributed by atoms with E-state index in [2.05, 4.69) is 5.32 Å². The van der Waals surface area contributed by atoms with Gasteiger partial charge in [-0.05, 0) is 43.0 Å². The minimum Gasteiger partial charge on any atom is -0.393 e. The zero-order valence-corrected chi connectivity index (χ0v) is 10.7. The summed E-state index contributed by atoms with van der Waals surface area (Å²) in [7, 11) is 0. The summed E-state index contributed by atoms with van der Waals surface area (Å²) < 4.78 is 0. The highest BCUT2D eigenvalue weighted by atomic mass is 35.5. The fourth-order valence-corrected chi connectivity index (χ4v) is 2.39. The maximum atomic E-state index is 9.74. The van der Waals surface area contributed by atoms with Crippen molar-refractivity contribution in [3.8, 4) is 0 Å². The molecule has 1 aromatic carbocycles. The van der Waals surface area contributed by atoms with Gasteiger partial charge in [0.25, 0.3) is 0 Å². The Labute approximate surface area is 106 Å². The first-order valence-corrected chi connectivity index (χ1v) is 6.24. The lowest BCUT2D eigenvalue weighted by Crippen LogP contribution is -2.41. The summed E-state index contributed by atoms with van der Waals surface area (Å²) in [6.45, 7) is 1.77. The van der Waals surface area contributed by atoms with Crippen LogP contribution in [-0.4, -0.2) is 29.0 Å². The molecule has 0 aliphatic heterocycles. The van der Waals surface area contributed by atoms with Gasteiger partial charge in [-0.2, -0.15) is 0 Å². The minimum atomic E-state index is -1.06. The van der Waals surface area contributed by atoms with E-state index < -0.39 is 5.60 Å². The van der Waals surface area contributed by atoms with E-state index in [9.17, 15) is 5.11 Å². The number of halogens is 1. The Bertz CT molecular complexity index is 406. The zero-order valence-electron chi connectivity index (χ0n) is 9.91. The van der Waals surface area contributed by atoms with Gasteiger partial charge in [-0.15, -0.1) is 0 Å². The predicted molar refractivity (Wildman–Crippen MR) is 68.2 cm³/mol. The Morgan fingerprint density at radius 2 is 2.29 bits per heavy atom. The molecule has 0 radical (unpaired) electrons. The molecule has 0 bridgehead atoms. The van der Waals surface area contributed by atoms with E-state index in [0.717, 1.165) is 17.9 Å². The van der Waals surface area contributed by atoms with Gasteiger partial charge in [-0.3, -0.25) is 0 Å². The third-order valence-electron chi connectivity index (χ3n) is 3.25. The molecular weight excluding hydrogens is 238 g/mol. The van der Waals surface area contributed by atoms with Crippen LogP contribution in [0.25, 0.3) is 0 Å². The molecule has 3 nitrogen and oxygen atoms in total. The first-order chi connectivity index (χ1) is 8.02.